The van der Waals surface area contributed by atoms with Gasteiger partial charge in [0, 0.05) is 40.0 Å². The standard InChI is InChI=1S/C24H16ClN5O5/c25-18-8-1-15(2-9-18)3-14-21(31)26-19-10-4-16(5-11-19)22(32)27-24-29-28-23(35-24)17-6-12-20(13-7-17)30(33)34/h1-14H,(H,26,31)(H,27,29,32)/b14-3+. The SMILES string of the molecule is O=C(/C=C/c1ccc(Cl)cc1)Nc1ccc(C(=O)Nc2nnc(-c3ccc([N+](=O)[O-])cc3)o2)cc1. The number of anilines is 2. The van der Waals surface area contributed by atoms with Gasteiger partial charge in [-0.1, -0.05) is 28.8 Å². The van der Waals surface area contributed by atoms with Crippen LogP contribution in [0.5, 0.6) is 0 Å². The van der Waals surface area contributed by atoms with Crippen LogP contribution in [-0.2, 0) is 4.79 Å². The second-order valence-electron chi connectivity index (χ2n) is 7.12. The van der Waals surface area contributed by atoms with E-state index in [9.17, 15) is 19.7 Å². The van der Waals surface area contributed by atoms with Crippen LogP contribution in [0.2, 0.25) is 5.02 Å². The Morgan fingerprint density at radius 1 is 0.914 bits per heavy atom. The van der Waals surface area contributed by atoms with Gasteiger partial charge in [-0.2, -0.15) is 0 Å². The fourth-order valence-corrected chi connectivity index (χ4v) is 3.05. The van der Waals surface area contributed by atoms with Crippen molar-refractivity contribution in [2.24, 2.45) is 0 Å². The number of aromatic nitrogens is 2. The second-order valence-corrected chi connectivity index (χ2v) is 7.56. The van der Waals surface area contributed by atoms with Crippen LogP contribution in [0.25, 0.3) is 17.5 Å². The van der Waals surface area contributed by atoms with Crippen molar-refractivity contribution >= 4 is 46.9 Å². The molecule has 0 unspecified atom stereocenters. The summed E-state index contributed by atoms with van der Waals surface area (Å²) in [4.78, 5) is 34.8. The van der Waals surface area contributed by atoms with E-state index in [1.54, 1.807) is 42.5 Å². The van der Waals surface area contributed by atoms with Gasteiger partial charge in [-0.25, -0.2) is 0 Å². The Kier molecular flexibility index (Phi) is 6.94. The number of non-ortho nitro benzene ring substituents is 1. The summed E-state index contributed by atoms with van der Waals surface area (Å²) < 4.78 is 5.41. The monoisotopic (exact) mass is 489 g/mol. The number of nitrogens with one attached hydrogen (secondary N) is 2. The molecule has 11 heteroatoms. The lowest BCUT2D eigenvalue weighted by Crippen LogP contribution is -2.12. The van der Waals surface area contributed by atoms with E-state index in [1.807, 2.05) is 0 Å². The van der Waals surface area contributed by atoms with Crippen LogP contribution < -0.4 is 10.6 Å². The summed E-state index contributed by atoms with van der Waals surface area (Å²) in [5, 5.41) is 24.2. The highest BCUT2D eigenvalue weighted by molar-refractivity contribution is 6.30. The van der Waals surface area contributed by atoms with Crippen molar-refractivity contribution in [3.63, 3.8) is 0 Å². The van der Waals surface area contributed by atoms with E-state index in [0.29, 0.717) is 21.8 Å². The van der Waals surface area contributed by atoms with Gasteiger partial charge < -0.3 is 9.73 Å². The van der Waals surface area contributed by atoms with Gasteiger partial charge in [0.15, 0.2) is 0 Å². The molecule has 1 heterocycles. The Labute approximate surface area is 203 Å². The lowest BCUT2D eigenvalue weighted by molar-refractivity contribution is -0.384. The smallest absolute Gasteiger partial charge is 0.322 e. The Bertz CT molecular complexity index is 1400. The maximum Gasteiger partial charge on any atom is 0.322 e. The molecule has 2 N–H and O–H groups in total. The van der Waals surface area contributed by atoms with E-state index in [-0.39, 0.29) is 23.5 Å². The van der Waals surface area contributed by atoms with Crippen molar-refractivity contribution in [3.05, 3.63) is 105 Å². The van der Waals surface area contributed by atoms with E-state index >= 15 is 0 Å². The number of hydrogen-bond donors (Lipinski definition) is 2. The summed E-state index contributed by atoms with van der Waals surface area (Å²) in [6, 6.07) is 18.7. The minimum absolute atomic E-state index is 0.0704. The molecule has 2 amide bonds. The average Bonchev–Trinajstić information content (AvgIpc) is 3.32. The van der Waals surface area contributed by atoms with Crippen LogP contribution in [0, 0.1) is 10.1 Å². The predicted octanol–water partition coefficient (Wildman–Crippen LogP) is 5.20. The van der Waals surface area contributed by atoms with E-state index < -0.39 is 10.8 Å². The van der Waals surface area contributed by atoms with Crippen LogP contribution in [0.1, 0.15) is 15.9 Å². The van der Waals surface area contributed by atoms with Crippen LogP contribution in [-0.4, -0.2) is 26.9 Å². The van der Waals surface area contributed by atoms with Crippen molar-refractivity contribution < 1.29 is 18.9 Å². The van der Waals surface area contributed by atoms with Gasteiger partial charge in [-0.05, 0) is 60.2 Å². The molecule has 0 saturated heterocycles. The summed E-state index contributed by atoms with van der Waals surface area (Å²) >= 11 is 5.84. The molecule has 0 aliphatic carbocycles. The molecule has 0 aliphatic rings. The molecule has 4 rings (SSSR count). The van der Waals surface area contributed by atoms with Gasteiger partial charge >= 0.3 is 6.01 Å². The molecular weight excluding hydrogens is 474 g/mol. The zero-order valence-electron chi connectivity index (χ0n) is 17.8. The second kappa shape index (κ2) is 10.4. The number of nitro groups is 1. The number of rotatable bonds is 7. The van der Waals surface area contributed by atoms with E-state index in [2.05, 4.69) is 20.8 Å². The van der Waals surface area contributed by atoms with Crippen LogP contribution >= 0.6 is 11.6 Å². The minimum atomic E-state index is -0.516. The third-order valence-electron chi connectivity index (χ3n) is 4.68. The van der Waals surface area contributed by atoms with Crippen molar-refractivity contribution in [1.29, 1.82) is 0 Å². The summed E-state index contributed by atoms with van der Waals surface area (Å²) in [7, 11) is 0. The lowest BCUT2D eigenvalue weighted by atomic mass is 10.2. The van der Waals surface area contributed by atoms with Gasteiger partial charge in [-0.15, -0.1) is 5.10 Å². The predicted molar refractivity (Wildman–Crippen MR) is 130 cm³/mol. The maximum absolute atomic E-state index is 12.5. The summed E-state index contributed by atoms with van der Waals surface area (Å²) in [6.07, 6.45) is 3.05. The molecule has 4 aromatic rings. The molecule has 0 aliphatic heterocycles. The number of amides is 2. The molecule has 0 radical (unpaired) electrons. The molecular formula is C24H16ClN5O5. The van der Waals surface area contributed by atoms with Crippen molar-refractivity contribution in [2.45, 2.75) is 0 Å². The number of carbonyl (C=O) groups excluding carboxylic acids is 2. The van der Waals surface area contributed by atoms with Crippen molar-refractivity contribution in [1.82, 2.24) is 10.2 Å². The Hall–Kier alpha value is -4.83. The van der Waals surface area contributed by atoms with E-state index in [1.165, 1.54) is 42.5 Å². The molecule has 0 bridgehead atoms. The van der Waals surface area contributed by atoms with E-state index in [4.69, 9.17) is 16.0 Å². The highest BCUT2D eigenvalue weighted by Gasteiger charge is 2.14. The average molecular weight is 490 g/mol. The largest absolute Gasteiger partial charge is 0.403 e. The molecule has 10 nitrogen and oxygen atoms in total. The van der Waals surface area contributed by atoms with Crippen LogP contribution in [0.15, 0.2) is 83.3 Å². The summed E-state index contributed by atoms with van der Waals surface area (Å²) in [6.45, 7) is 0. The molecule has 0 atom stereocenters. The molecule has 0 spiro atoms. The molecule has 0 fully saturated rings. The maximum atomic E-state index is 12.5. The Morgan fingerprint density at radius 3 is 2.26 bits per heavy atom. The zero-order chi connectivity index (χ0) is 24.8. The molecule has 174 valence electrons. The highest BCUT2D eigenvalue weighted by atomic mass is 35.5. The third kappa shape index (κ3) is 6.15. The topological polar surface area (TPSA) is 140 Å². The number of halogens is 1. The molecule has 0 saturated carbocycles. The lowest BCUT2D eigenvalue weighted by Gasteiger charge is -2.04. The van der Waals surface area contributed by atoms with Gasteiger partial charge in [0.25, 0.3) is 11.6 Å². The Balaban J connectivity index is 1.34. The first kappa shape index (κ1) is 23.3. The van der Waals surface area contributed by atoms with Crippen LogP contribution in [0.4, 0.5) is 17.4 Å². The van der Waals surface area contributed by atoms with Crippen molar-refractivity contribution in [2.75, 3.05) is 10.6 Å². The third-order valence-corrected chi connectivity index (χ3v) is 4.93. The fraction of sp³-hybridized carbons (Fsp3) is 0. The number of nitro benzene ring substituents is 1. The van der Waals surface area contributed by atoms with Crippen LogP contribution in [0.3, 0.4) is 0 Å². The minimum Gasteiger partial charge on any atom is -0.403 e. The first-order valence-corrected chi connectivity index (χ1v) is 10.5. The van der Waals surface area contributed by atoms with Crippen molar-refractivity contribution in [3.8, 4) is 11.5 Å². The molecule has 35 heavy (non-hydrogen) atoms. The number of benzene rings is 3. The van der Waals surface area contributed by atoms with Gasteiger partial charge in [-0.3, -0.25) is 25.0 Å². The first-order valence-electron chi connectivity index (χ1n) is 10.1. The van der Waals surface area contributed by atoms with Gasteiger partial charge in [0.05, 0.1) is 4.92 Å². The first-order chi connectivity index (χ1) is 16.9. The Morgan fingerprint density at radius 2 is 1.60 bits per heavy atom. The number of carbonyl (C=O) groups is 2. The number of nitrogens with zero attached hydrogens (tertiary/aromatic N) is 3. The summed E-state index contributed by atoms with van der Waals surface area (Å²) in [5.41, 5.74) is 2.03. The normalized spacial score (nSPS) is 10.8. The quantitative estimate of drug-likeness (QED) is 0.206. The highest BCUT2D eigenvalue weighted by Crippen LogP contribution is 2.23. The number of hydrogen-bond acceptors (Lipinski definition) is 7. The van der Waals surface area contributed by atoms with E-state index in [0.717, 1.165) is 5.56 Å². The van der Waals surface area contributed by atoms with Gasteiger partial charge in [0.2, 0.25) is 11.8 Å². The summed E-state index contributed by atoms with van der Waals surface area (Å²) in [5.74, 6) is -0.730. The molecule has 3 aromatic carbocycles. The van der Waals surface area contributed by atoms with Gasteiger partial charge in [0.1, 0.15) is 0 Å². The molecule has 1 aromatic heterocycles. The fourth-order valence-electron chi connectivity index (χ4n) is 2.92. The zero-order valence-corrected chi connectivity index (χ0v) is 18.6.